The fraction of sp³-hybridized carbons (Fsp3) is 0.308. The summed E-state index contributed by atoms with van der Waals surface area (Å²) in [6.45, 7) is 11.2. The minimum atomic E-state index is -0.0213. The van der Waals surface area contributed by atoms with Crippen LogP contribution in [0.4, 0.5) is 11.4 Å². The first kappa shape index (κ1) is 22.8. The SMILES string of the molecule is CCN(CC)c1ccc(C#CC#Cc2ccc(N(CC)CC)c(=O)cc2)ccc1=O. The van der Waals surface area contributed by atoms with Gasteiger partial charge in [0.05, 0.1) is 11.4 Å². The quantitative estimate of drug-likeness (QED) is 0.696. The van der Waals surface area contributed by atoms with Crippen LogP contribution in [0.1, 0.15) is 38.8 Å². The van der Waals surface area contributed by atoms with Gasteiger partial charge in [-0.15, -0.1) is 0 Å². The molecule has 0 aromatic heterocycles. The second-order valence-corrected chi connectivity index (χ2v) is 6.59. The molecule has 0 heterocycles. The summed E-state index contributed by atoms with van der Waals surface area (Å²) in [6.07, 6.45) is 0. The van der Waals surface area contributed by atoms with E-state index in [0.29, 0.717) is 11.4 Å². The summed E-state index contributed by atoms with van der Waals surface area (Å²) < 4.78 is 0. The van der Waals surface area contributed by atoms with E-state index in [1.807, 2.05) is 61.8 Å². The highest BCUT2D eigenvalue weighted by molar-refractivity contribution is 5.51. The minimum Gasteiger partial charge on any atom is -0.369 e. The summed E-state index contributed by atoms with van der Waals surface area (Å²) in [4.78, 5) is 28.6. The van der Waals surface area contributed by atoms with Crippen LogP contribution in [0.15, 0.2) is 58.1 Å². The average Bonchev–Trinajstić information content (AvgIpc) is 3.05. The second kappa shape index (κ2) is 11.5. The van der Waals surface area contributed by atoms with Gasteiger partial charge in [-0.05, 0) is 88.1 Å². The summed E-state index contributed by atoms with van der Waals surface area (Å²) in [6, 6.07) is 13.8. The van der Waals surface area contributed by atoms with E-state index in [1.165, 1.54) is 0 Å². The van der Waals surface area contributed by atoms with Crippen LogP contribution in [0, 0.1) is 23.7 Å². The Kier molecular flexibility index (Phi) is 8.73. The van der Waals surface area contributed by atoms with Crippen molar-refractivity contribution in [1.82, 2.24) is 0 Å². The third-order valence-electron chi connectivity index (χ3n) is 4.86. The monoisotopic (exact) mass is 400 g/mol. The Labute approximate surface area is 179 Å². The van der Waals surface area contributed by atoms with Crippen LogP contribution in [-0.4, -0.2) is 26.2 Å². The maximum atomic E-state index is 12.3. The van der Waals surface area contributed by atoms with E-state index in [-0.39, 0.29) is 10.9 Å². The minimum absolute atomic E-state index is 0.0213. The van der Waals surface area contributed by atoms with Crippen LogP contribution in [-0.2, 0) is 0 Å². The topological polar surface area (TPSA) is 40.6 Å². The molecule has 0 saturated carbocycles. The Balaban J connectivity index is 2.27. The molecule has 2 rings (SSSR count). The number of rotatable bonds is 6. The predicted octanol–water partition coefficient (Wildman–Crippen LogP) is 3.50. The fourth-order valence-corrected chi connectivity index (χ4v) is 3.14. The molecule has 2 aromatic rings. The molecular weight excluding hydrogens is 372 g/mol. The van der Waals surface area contributed by atoms with Gasteiger partial charge in [-0.25, -0.2) is 0 Å². The van der Waals surface area contributed by atoms with E-state index in [4.69, 9.17) is 0 Å². The van der Waals surface area contributed by atoms with Crippen molar-refractivity contribution in [3.63, 3.8) is 0 Å². The normalized spacial score (nSPS) is 9.60. The molecule has 0 N–H and O–H groups in total. The van der Waals surface area contributed by atoms with Crippen molar-refractivity contribution in [1.29, 1.82) is 0 Å². The summed E-state index contributed by atoms with van der Waals surface area (Å²) in [5.41, 5.74) is 2.76. The molecule has 30 heavy (non-hydrogen) atoms. The molecule has 0 radical (unpaired) electrons. The molecule has 0 fully saturated rings. The predicted molar refractivity (Wildman–Crippen MR) is 126 cm³/mol. The number of anilines is 2. The van der Waals surface area contributed by atoms with Crippen LogP contribution >= 0.6 is 0 Å². The first-order valence-corrected chi connectivity index (χ1v) is 10.3. The lowest BCUT2D eigenvalue weighted by atomic mass is 10.2. The van der Waals surface area contributed by atoms with Crippen molar-refractivity contribution in [2.45, 2.75) is 27.7 Å². The Morgan fingerprint density at radius 2 is 0.900 bits per heavy atom. The summed E-state index contributed by atoms with van der Waals surface area (Å²) in [5, 5.41) is 0. The molecule has 0 aliphatic rings. The lowest BCUT2D eigenvalue weighted by molar-refractivity contribution is 0.863. The zero-order valence-electron chi connectivity index (χ0n) is 18.2. The Morgan fingerprint density at radius 3 is 1.23 bits per heavy atom. The lowest BCUT2D eigenvalue weighted by Gasteiger charge is -2.18. The molecule has 0 spiro atoms. The molecule has 0 bridgehead atoms. The number of hydrogen-bond donors (Lipinski definition) is 0. The maximum Gasteiger partial charge on any atom is 0.201 e. The van der Waals surface area contributed by atoms with Crippen LogP contribution < -0.4 is 20.7 Å². The van der Waals surface area contributed by atoms with Crippen molar-refractivity contribution in [2.24, 2.45) is 0 Å². The van der Waals surface area contributed by atoms with Gasteiger partial charge in [0, 0.05) is 37.3 Å². The standard InChI is InChI=1S/C26H28N2O2/c1-5-27(6-2)23-17-13-21(15-19-25(23)29)11-9-10-12-22-14-18-24(26(30)20-16-22)28(7-3)8-4/h13-20H,5-8H2,1-4H3. The van der Waals surface area contributed by atoms with Crippen molar-refractivity contribution < 1.29 is 0 Å². The summed E-state index contributed by atoms with van der Waals surface area (Å²) >= 11 is 0. The third kappa shape index (κ3) is 6.00. The summed E-state index contributed by atoms with van der Waals surface area (Å²) in [5.74, 6) is 11.6. The van der Waals surface area contributed by atoms with E-state index in [2.05, 4.69) is 23.7 Å². The highest BCUT2D eigenvalue weighted by atomic mass is 16.1. The molecule has 0 aliphatic heterocycles. The Morgan fingerprint density at radius 1 is 0.567 bits per heavy atom. The van der Waals surface area contributed by atoms with Gasteiger partial charge >= 0.3 is 0 Å². The molecular formula is C26H28N2O2. The van der Waals surface area contributed by atoms with Gasteiger partial charge in [-0.2, -0.15) is 0 Å². The third-order valence-corrected chi connectivity index (χ3v) is 4.86. The number of nitrogens with zero attached hydrogens (tertiary/aromatic N) is 2. The fourth-order valence-electron chi connectivity index (χ4n) is 3.14. The lowest BCUT2D eigenvalue weighted by Crippen LogP contribution is -2.26. The highest BCUT2D eigenvalue weighted by Gasteiger charge is 2.05. The van der Waals surface area contributed by atoms with E-state index in [1.54, 1.807) is 24.3 Å². The van der Waals surface area contributed by atoms with Crippen LogP contribution in [0.3, 0.4) is 0 Å². The van der Waals surface area contributed by atoms with E-state index in [9.17, 15) is 9.59 Å². The van der Waals surface area contributed by atoms with E-state index >= 15 is 0 Å². The van der Waals surface area contributed by atoms with Crippen LogP contribution in [0.2, 0.25) is 0 Å². The first-order chi connectivity index (χ1) is 14.5. The second-order valence-electron chi connectivity index (χ2n) is 6.59. The molecule has 4 nitrogen and oxygen atoms in total. The van der Waals surface area contributed by atoms with Gasteiger partial charge in [-0.1, -0.05) is 11.8 Å². The molecule has 4 heteroatoms. The molecule has 0 saturated heterocycles. The molecule has 0 aliphatic carbocycles. The van der Waals surface area contributed by atoms with Crippen molar-refractivity contribution in [3.8, 4) is 23.7 Å². The van der Waals surface area contributed by atoms with E-state index in [0.717, 1.165) is 37.3 Å². The maximum absolute atomic E-state index is 12.3. The van der Waals surface area contributed by atoms with Crippen molar-refractivity contribution in [2.75, 3.05) is 36.0 Å². The number of hydrogen-bond acceptors (Lipinski definition) is 4. The zero-order valence-corrected chi connectivity index (χ0v) is 18.2. The summed E-state index contributed by atoms with van der Waals surface area (Å²) in [7, 11) is 0. The Bertz CT molecular complexity index is 1020. The van der Waals surface area contributed by atoms with Gasteiger partial charge in [-0.3, -0.25) is 9.59 Å². The van der Waals surface area contributed by atoms with Gasteiger partial charge in [0.25, 0.3) is 0 Å². The molecule has 2 aromatic carbocycles. The zero-order chi connectivity index (χ0) is 21.9. The van der Waals surface area contributed by atoms with Gasteiger partial charge in [0.1, 0.15) is 0 Å². The molecule has 0 amide bonds. The van der Waals surface area contributed by atoms with E-state index < -0.39 is 0 Å². The van der Waals surface area contributed by atoms with Crippen molar-refractivity contribution in [3.05, 3.63) is 80.1 Å². The van der Waals surface area contributed by atoms with Crippen LogP contribution in [0.5, 0.6) is 0 Å². The highest BCUT2D eigenvalue weighted by Crippen LogP contribution is 2.08. The van der Waals surface area contributed by atoms with Crippen LogP contribution in [0.25, 0.3) is 0 Å². The molecule has 0 atom stereocenters. The average molecular weight is 401 g/mol. The first-order valence-electron chi connectivity index (χ1n) is 10.3. The molecule has 0 unspecified atom stereocenters. The Hall–Kier alpha value is -3.50. The van der Waals surface area contributed by atoms with Gasteiger partial charge < -0.3 is 9.80 Å². The molecule has 154 valence electrons. The smallest absolute Gasteiger partial charge is 0.201 e. The van der Waals surface area contributed by atoms with Crippen molar-refractivity contribution >= 4 is 11.4 Å². The van der Waals surface area contributed by atoms with Gasteiger partial charge in [0.2, 0.25) is 10.9 Å². The van der Waals surface area contributed by atoms with Gasteiger partial charge in [0.15, 0.2) is 0 Å². The largest absolute Gasteiger partial charge is 0.369 e.